The highest BCUT2D eigenvalue weighted by molar-refractivity contribution is 6.00. The molecule has 2 aromatic carbocycles. The smallest absolute Gasteiger partial charge is 0.240 e. The fraction of sp³-hybridized carbons (Fsp3) is 0.385. The first-order chi connectivity index (χ1) is 15.4. The Morgan fingerprint density at radius 1 is 0.656 bits per heavy atom. The second kappa shape index (κ2) is 13.2. The van der Waals surface area contributed by atoms with Gasteiger partial charge in [0.1, 0.15) is 0 Å². The van der Waals surface area contributed by atoms with Gasteiger partial charge in [-0.3, -0.25) is 9.59 Å². The van der Waals surface area contributed by atoms with Crippen LogP contribution in [0.25, 0.3) is 0 Å². The van der Waals surface area contributed by atoms with Crippen LogP contribution in [0.1, 0.15) is 75.6 Å². The third kappa shape index (κ3) is 8.46. The molecular formula is C26H34N4O2. The monoisotopic (exact) mass is 434 g/mol. The van der Waals surface area contributed by atoms with E-state index >= 15 is 0 Å². The minimum absolute atomic E-state index is 0.0400. The molecule has 0 aliphatic carbocycles. The zero-order chi connectivity index (χ0) is 23.3. The number of carbonyl (C=O) groups excluding carboxylic acids is 2. The molecule has 2 amide bonds. The van der Waals surface area contributed by atoms with Gasteiger partial charge in [-0.05, 0) is 48.9 Å². The van der Waals surface area contributed by atoms with Crippen molar-refractivity contribution in [1.82, 2.24) is 10.9 Å². The normalized spacial score (nSPS) is 11.9. The van der Waals surface area contributed by atoms with E-state index in [1.807, 2.05) is 38.1 Å². The Morgan fingerprint density at radius 3 is 1.31 bits per heavy atom. The third-order valence-electron chi connectivity index (χ3n) is 5.10. The van der Waals surface area contributed by atoms with E-state index in [1.54, 1.807) is 0 Å². The Balaban J connectivity index is 1.77. The highest BCUT2D eigenvalue weighted by Crippen LogP contribution is 2.09. The van der Waals surface area contributed by atoms with Crippen LogP contribution in [0.3, 0.4) is 0 Å². The molecule has 0 aromatic heterocycles. The van der Waals surface area contributed by atoms with Crippen molar-refractivity contribution < 1.29 is 9.59 Å². The Morgan fingerprint density at radius 2 is 1.00 bits per heavy atom. The van der Waals surface area contributed by atoms with Crippen LogP contribution in [0.2, 0.25) is 0 Å². The topological polar surface area (TPSA) is 82.9 Å². The SMILES string of the molecule is CCCc1ccc(/C(C)=N/NC(=O)CCC(=O)N/N=C(\C)c2ccc(CCC)cc2)cc1. The van der Waals surface area contributed by atoms with E-state index in [2.05, 4.69) is 59.2 Å². The molecule has 0 spiro atoms. The second-order valence-corrected chi connectivity index (χ2v) is 7.86. The quantitative estimate of drug-likeness (QED) is 0.395. The summed E-state index contributed by atoms with van der Waals surface area (Å²) in [4.78, 5) is 24.1. The number of hydrogen-bond donors (Lipinski definition) is 2. The largest absolute Gasteiger partial charge is 0.273 e. The molecule has 32 heavy (non-hydrogen) atoms. The van der Waals surface area contributed by atoms with Crippen molar-refractivity contribution in [3.63, 3.8) is 0 Å². The molecule has 6 heteroatoms. The van der Waals surface area contributed by atoms with E-state index in [4.69, 9.17) is 0 Å². The van der Waals surface area contributed by atoms with Crippen molar-refractivity contribution in [1.29, 1.82) is 0 Å². The highest BCUT2D eigenvalue weighted by atomic mass is 16.2. The first-order valence-corrected chi connectivity index (χ1v) is 11.3. The molecule has 0 atom stereocenters. The van der Waals surface area contributed by atoms with Gasteiger partial charge < -0.3 is 0 Å². The van der Waals surface area contributed by atoms with E-state index in [0.717, 1.165) is 48.2 Å². The maximum absolute atomic E-state index is 12.0. The number of hydrazone groups is 2. The number of amides is 2. The molecule has 0 heterocycles. The minimum Gasteiger partial charge on any atom is -0.273 e. The molecule has 0 saturated heterocycles. The first-order valence-electron chi connectivity index (χ1n) is 11.3. The van der Waals surface area contributed by atoms with E-state index < -0.39 is 0 Å². The third-order valence-corrected chi connectivity index (χ3v) is 5.10. The average molecular weight is 435 g/mol. The van der Waals surface area contributed by atoms with Crippen LogP contribution in [0.5, 0.6) is 0 Å². The maximum Gasteiger partial charge on any atom is 0.240 e. The van der Waals surface area contributed by atoms with E-state index in [9.17, 15) is 9.59 Å². The summed E-state index contributed by atoms with van der Waals surface area (Å²) in [5.41, 5.74) is 10.9. The lowest BCUT2D eigenvalue weighted by molar-refractivity contribution is -0.126. The van der Waals surface area contributed by atoms with Gasteiger partial charge in [0, 0.05) is 12.8 Å². The summed E-state index contributed by atoms with van der Waals surface area (Å²) in [7, 11) is 0. The van der Waals surface area contributed by atoms with Gasteiger partial charge in [-0.1, -0.05) is 75.2 Å². The van der Waals surface area contributed by atoms with Gasteiger partial charge in [0.15, 0.2) is 0 Å². The van der Waals surface area contributed by atoms with E-state index in [-0.39, 0.29) is 24.7 Å². The summed E-state index contributed by atoms with van der Waals surface area (Å²) >= 11 is 0. The maximum atomic E-state index is 12.0. The Bertz CT molecular complexity index is 865. The predicted molar refractivity (Wildman–Crippen MR) is 131 cm³/mol. The molecule has 0 aliphatic rings. The van der Waals surface area contributed by atoms with Gasteiger partial charge in [-0.2, -0.15) is 10.2 Å². The summed E-state index contributed by atoms with van der Waals surface area (Å²) in [5, 5.41) is 8.28. The molecule has 2 rings (SSSR count). The number of rotatable bonds is 11. The van der Waals surface area contributed by atoms with Crippen molar-refractivity contribution in [3.05, 3.63) is 70.8 Å². The number of hydrogen-bond acceptors (Lipinski definition) is 4. The van der Waals surface area contributed by atoms with Crippen LogP contribution in [-0.2, 0) is 22.4 Å². The summed E-state index contributed by atoms with van der Waals surface area (Å²) in [6, 6.07) is 16.3. The summed E-state index contributed by atoms with van der Waals surface area (Å²) < 4.78 is 0. The fourth-order valence-corrected chi connectivity index (χ4v) is 3.16. The van der Waals surface area contributed by atoms with Crippen LogP contribution >= 0.6 is 0 Å². The molecular weight excluding hydrogens is 400 g/mol. The van der Waals surface area contributed by atoms with Crippen LogP contribution in [-0.4, -0.2) is 23.2 Å². The fourth-order valence-electron chi connectivity index (χ4n) is 3.16. The first kappa shape index (κ1) is 25.0. The minimum atomic E-state index is -0.311. The van der Waals surface area contributed by atoms with Crippen LogP contribution in [0.15, 0.2) is 58.7 Å². The van der Waals surface area contributed by atoms with Gasteiger partial charge in [0.2, 0.25) is 11.8 Å². The standard InChI is InChI=1S/C26H34N4O2/c1-5-7-21-9-13-23(14-10-21)19(3)27-29-25(31)17-18-26(32)30-28-20(4)24-15-11-22(8-6-2)12-16-24/h9-16H,5-8,17-18H2,1-4H3,(H,29,31)(H,30,32)/b27-19+,28-20+. The van der Waals surface area contributed by atoms with Crippen molar-refractivity contribution >= 4 is 23.2 Å². The predicted octanol–water partition coefficient (Wildman–Crippen LogP) is 4.75. The number of aryl methyl sites for hydroxylation is 2. The number of nitrogens with zero attached hydrogens (tertiary/aromatic N) is 2. The van der Waals surface area contributed by atoms with Crippen molar-refractivity contribution in [2.24, 2.45) is 10.2 Å². The molecule has 0 radical (unpaired) electrons. The Labute approximate surface area is 191 Å². The van der Waals surface area contributed by atoms with E-state index in [1.165, 1.54) is 11.1 Å². The van der Waals surface area contributed by atoms with Crippen LogP contribution < -0.4 is 10.9 Å². The van der Waals surface area contributed by atoms with Gasteiger partial charge in [-0.15, -0.1) is 0 Å². The molecule has 170 valence electrons. The Kier molecular flexibility index (Phi) is 10.3. The van der Waals surface area contributed by atoms with Crippen molar-refractivity contribution in [2.45, 2.75) is 66.2 Å². The summed E-state index contributed by atoms with van der Waals surface area (Å²) in [5.74, 6) is -0.622. The van der Waals surface area contributed by atoms with Crippen LogP contribution in [0.4, 0.5) is 0 Å². The number of benzene rings is 2. The number of nitrogens with one attached hydrogen (secondary N) is 2. The van der Waals surface area contributed by atoms with Gasteiger partial charge >= 0.3 is 0 Å². The van der Waals surface area contributed by atoms with Crippen molar-refractivity contribution in [2.75, 3.05) is 0 Å². The highest BCUT2D eigenvalue weighted by Gasteiger charge is 2.07. The molecule has 2 aromatic rings. The van der Waals surface area contributed by atoms with E-state index in [0.29, 0.717) is 0 Å². The van der Waals surface area contributed by atoms with Crippen LogP contribution in [0, 0.1) is 0 Å². The van der Waals surface area contributed by atoms with Gasteiger partial charge in [-0.25, -0.2) is 10.9 Å². The Hall–Kier alpha value is -3.28. The zero-order valence-corrected chi connectivity index (χ0v) is 19.6. The lowest BCUT2D eigenvalue weighted by Gasteiger charge is -2.05. The second-order valence-electron chi connectivity index (χ2n) is 7.86. The zero-order valence-electron chi connectivity index (χ0n) is 19.6. The van der Waals surface area contributed by atoms with Gasteiger partial charge in [0.25, 0.3) is 0 Å². The summed E-state index contributed by atoms with van der Waals surface area (Å²) in [6.07, 6.45) is 4.38. The molecule has 0 unspecified atom stereocenters. The molecule has 2 N–H and O–H groups in total. The van der Waals surface area contributed by atoms with Gasteiger partial charge in [0.05, 0.1) is 11.4 Å². The lowest BCUT2D eigenvalue weighted by Crippen LogP contribution is -2.24. The van der Waals surface area contributed by atoms with Crippen molar-refractivity contribution in [3.8, 4) is 0 Å². The summed E-state index contributed by atoms with van der Waals surface area (Å²) in [6.45, 7) is 7.98. The molecule has 6 nitrogen and oxygen atoms in total. The number of carbonyl (C=O) groups is 2. The molecule has 0 fully saturated rings. The molecule has 0 aliphatic heterocycles. The molecule has 0 saturated carbocycles. The lowest BCUT2D eigenvalue weighted by atomic mass is 10.1. The molecule has 0 bridgehead atoms. The average Bonchev–Trinajstić information content (AvgIpc) is 2.81.